The first kappa shape index (κ1) is 19.6. The Kier molecular flexibility index (Phi) is 5.38. The van der Waals surface area contributed by atoms with Gasteiger partial charge >= 0.3 is 0 Å². The lowest BCUT2D eigenvalue weighted by atomic mass is 10.1. The van der Waals surface area contributed by atoms with Crippen LogP contribution in [0.2, 0.25) is 5.02 Å². The zero-order chi connectivity index (χ0) is 20.5. The van der Waals surface area contributed by atoms with Crippen LogP contribution in [-0.2, 0) is 20.9 Å². The molecular weight excluding hydrogens is 396 g/mol. The molecule has 0 radical (unpaired) electrons. The number of aryl methyl sites for hydroxylation is 1. The highest BCUT2D eigenvalue weighted by Crippen LogP contribution is 2.33. The molecule has 2 aliphatic rings. The Balaban J connectivity index is 1.59. The summed E-state index contributed by atoms with van der Waals surface area (Å²) in [7, 11) is 0. The van der Waals surface area contributed by atoms with Crippen molar-refractivity contribution < 1.29 is 14.3 Å². The molecule has 4 rings (SSSR count). The summed E-state index contributed by atoms with van der Waals surface area (Å²) in [6, 6.07) is 6.41. The zero-order valence-corrected chi connectivity index (χ0v) is 16.7. The van der Waals surface area contributed by atoms with Crippen molar-refractivity contribution in [3.8, 4) is 11.3 Å². The zero-order valence-electron chi connectivity index (χ0n) is 15.9. The lowest BCUT2D eigenvalue weighted by Crippen LogP contribution is -2.50. The van der Waals surface area contributed by atoms with Gasteiger partial charge in [-0.1, -0.05) is 11.6 Å². The largest absolute Gasteiger partial charge is 0.377 e. The average Bonchev–Trinajstić information content (AvgIpc) is 3.46. The van der Waals surface area contributed by atoms with Crippen LogP contribution < -0.4 is 16.2 Å². The number of carbonyl (C=O) groups excluding carboxylic acids is 2. The van der Waals surface area contributed by atoms with Crippen LogP contribution in [0.4, 0.5) is 5.69 Å². The van der Waals surface area contributed by atoms with Crippen LogP contribution in [0.15, 0.2) is 29.1 Å². The van der Waals surface area contributed by atoms with Crippen LogP contribution >= 0.6 is 11.6 Å². The van der Waals surface area contributed by atoms with Gasteiger partial charge in [0.2, 0.25) is 11.8 Å². The highest BCUT2D eigenvalue weighted by atomic mass is 35.5. The van der Waals surface area contributed by atoms with E-state index in [-0.39, 0.29) is 35.9 Å². The molecule has 152 valence electrons. The topological polar surface area (TPSA) is 102 Å². The van der Waals surface area contributed by atoms with Crippen molar-refractivity contribution in [1.82, 2.24) is 14.9 Å². The van der Waals surface area contributed by atoms with Gasteiger partial charge in [-0.25, -0.2) is 4.98 Å². The maximum atomic E-state index is 12.7. The number of anilines is 1. The smallest absolute Gasteiger partial charge is 0.254 e. The summed E-state index contributed by atoms with van der Waals surface area (Å²) in [5.41, 5.74) is 1.19. The SMILES string of the molecule is Cc1nc(-c2ccc(Cl)cc2NC(=O)C2CC2)cc(=O)n1CC(=O)NC1COC1. The molecule has 2 heterocycles. The minimum atomic E-state index is -0.345. The van der Waals surface area contributed by atoms with Gasteiger partial charge in [0.1, 0.15) is 12.4 Å². The van der Waals surface area contributed by atoms with Crippen molar-refractivity contribution in [3.05, 3.63) is 45.5 Å². The normalized spacial score (nSPS) is 16.2. The Hall–Kier alpha value is -2.71. The van der Waals surface area contributed by atoms with E-state index in [0.29, 0.717) is 41.0 Å². The van der Waals surface area contributed by atoms with Gasteiger partial charge in [-0.2, -0.15) is 0 Å². The molecule has 2 fully saturated rings. The number of amides is 2. The fraction of sp³-hybridized carbons (Fsp3) is 0.400. The number of benzene rings is 1. The maximum absolute atomic E-state index is 12.7. The van der Waals surface area contributed by atoms with Crippen LogP contribution in [-0.4, -0.2) is 40.6 Å². The predicted octanol–water partition coefficient (Wildman–Crippen LogP) is 1.74. The molecule has 2 amide bonds. The summed E-state index contributed by atoms with van der Waals surface area (Å²) in [6.45, 7) is 2.54. The first-order valence-corrected chi connectivity index (χ1v) is 9.85. The standard InChI is InChI=1S/C20H21ClN4O4/c1-11-22-17(7-19(27)25(11)8-18(26)23-14-9-29-10-14)15-5-4-13(21)6-16(15)24-20(28)12-2-3-12/h4-7,12,14H,2-3,8-10H2,1H3,(H,23,26)(H,24,28). The van der Waals surface area contributed by atoms with Crippen LogP contribution in [0, 0.1) is 12.8 Å². The van der Waals surface area contributed by atoms with E-state index in [4.69, 9.17) is 16.3 Å². The first-order chi connectivity index (χ1) is 13.9. The summed E-state index contributed by atoms with van der Waals surface area (Å²) in [4.78, 5) is 41.5. The van der Waals surface area contributed by atoms with E-state index in [9.17, 15) is 14.4 Å². The molecule has 0 unspecified atom stereocenters. The third-order valence-corrected chi connectivity index (χ3v) is 5.20. The van der Waals surface area contributed by atoms with Gasteiger partial charge in [0.25, 0.3) is 5.56 Å². The van der Waals surface area contributed by atoms with Crippen molar-refractivity contribution in [2.75, 3.05) is 18.5 Å². The number of hydrogen-bond acceptors (Lipinski definition) is 5. The Morgan fingerprint density at radius 2 is 2.03 bits per heavy atom. The number of hydrogen-bond donors (Lipinski definition) is 2. The Morgan fingerprint density at radius 3 is 2.66 bits per heavy atom. The molecule has 2 aromatic rings. The summed E-state index contributed by atoms with van der Waals surface area (Å²) in [6.07, 6.45) is 1.76. The van der Waals surface area contributed by atoms with E-state index in [1.165, 1.54) is 10.6 Å². The molecular formula is C20H21ClN4O4. The second-order valence-electron chi connectivity index (χ2n) is 7.37. The molecule has 0 atom stereocenters. The maximum Gasteiger partial charge on any atom is 0.254 e. The molecule has 9 heteroatoms. The molecule has 1 saturated carbocycles. The van der Waals surface area contributed by atoms with Crippen LogP contribution in [0.1, 0.15) is 18.7 Å². The lowest BCUT2D eigenvalue weighted by molar-refractivity contribution is -0.126. The number of rotatable bonds is 6. The third-order valence-electron chi connectivity index (χ3n) is 4.97. The monoisotopic (exact) mass is 416 g/mol. The van der Waals surface area contributed by atoms with Crippen LogP contribution in [0.3, 0.4) is 0 Å². The minimum absolute atomic E-state index is 0.00237. The molecule has 1 aromatic heterocycles. The van der Waals surface area contributed by atoms with Crippen molar-refractivity contribution in [2.24, 2.45) is 5.92 Å². The lowest BCUT2D eigenvalue weighted by Gasteiger charge is -2.27. The molecule has 2 N–H and O–H groups in total. The van der Waals surface area contributed by atoms with Crippen molar-refractivity contribution in [3.63, 3.8) is 0 Å². The van der Waals surface area contributed by atoms with E-state index in [1.807, 2.05) is 0 Å². The first-order valence-electron chi connectivity index (χ1n) is 9.47. The van der Waals surface area contributed by atoms with Crippen LogP contribution in [0.25, 0.3) is 11.3 Å². The molecule has 29 heavy (non-hydrogen) atoms. The minimum Gasteiger partial charge on any atom is -0.377 e. The molecule has 1 saturated heterocycles. The van der Waals surface area contributed by atoms with Gasteiger partial charge in [0.15, 0.2) is 0 Å². The number of nitrogens with zero attached hydrogens (tertiary/aromatic N) is 2. The van der Waals surface area contributed by atoms with E-state index < -0.39 is 0 Å². The predicted molar refractivity (Wildman–Crippen MR) is 108 cm³/mol. The molecule has 8 nitrogen and oxygen atoms in total. The van der Waals surface area contributed by atoms with E-state index in [2.05, 4.69) is 15.6 Å². The molecule has 1 aliphatic carbocycles. The molecule has 0 bridgehead atoms. The Morgan fingerprint density at radius 1 is 1.28 bits per heavy atom. The summed E-state index contributed by atoms with van der Waals surface area (Å²) in [5.74, 6) is 0.114. The van der Waals surface area contributed by atoms with Gasteiger partial charge in [0, 0.05) is 22.6 Å². The number of aromatic nitrogens is 2. The quantitative estimate of drug-likeness (QED) is 0.746. The van der Waals surface area contributed by atoms with Crippen LogP contribution in [0.5, 0.6) is 0 Å². The summed E-state index contributed by atoms with van der Waals surface area (Å²) < 4.78 is 6.35. The van der Waals surface area contributed by atoms with Crippen molar-refractivity contribution >= 4 is 29.1 Å². The van der Waals surface area contributed by atoms with E-state index in [1.54, 1.807) is 25.1 Å². The van der Waals surface area contributed by atoms with Crippen molar-refractivity contribution in [2.45, 2.75) is 32.4 Å². The number of nitrogens with one attached hydrogen (secondary N) is 2. The fourth-order valence-corrected chi connectivity index (χ4v) is 3.28. The highest BCUT2D eigenvalue weighted by Gasteiger charge is 2.30. The van der Waals surface area contributed by atoms with Gasteiger partial charge in [-0.3, -0.25) is 19.0 Å². The Bertz CT molecular complexity index is 1030. The summed E-state index contributed by atoms with van der Waals surface area (Å²) in [5, 5.41) is 6.16. The number of ether oxygens (including phenoxy) is 1. The number of halogens is 1. The average molecular weight is 417 g/mol. The van der Waals surface area contributed by atoms with Gasteiger partial charge in [-0.05, 0) is 38.0 Å². The van der Waals surface area contributed by atoms with E-state index in [0.717, 1.165) is 12.8 Å². The van der Waals surface area contributed by atoms with Gasteiger partial charge in [0.05, 0.1) is 30.6 Å². The van der Waals surface area contributed by atoms with E-state index >= 15 is 0 Å². The second-order valence-corrected chi connectivity index (χ2v) is 7.80. The molecule has 1 aromatic carbocycles. The summed E-state index contributed by atoms with van der Waals surface area (Å²) >= 11 is 6.10. The fourth-order valence-electron chi connectivity index (χ4n) is 3.11. The number of carbonyl (C=O) groups is 2. The van der Waals surface area contributed by atoms with Gasteiger partial charge < -0.3 is 15.4 Å². The third kappa shape index (κ3) is 4.49. The molecule has 0 spiro atoms. The second kappa shape index (κ2) is 7.96. The van der Waals surface area contributed by atoms with Crippen molar-refractivity contribution in [1.29, 1.82) is 0 Å². The Labute approximate surface area is 172 Å². The highest BCUT2D eigenvalue weighted by molar-refractivity contribution is 6.31. The van der Waals surface area contributed by atoms with Gasteiger partial charge in [-0.15, -0.1) is 0 Å². The molecule has 1 aliphatic heterocycles.